The summed E-state index contributed by atoms with van der Waals surface area (Å²) in [5, 5.41) is -0.444. The average molecular weight is 503 g/mol. The van der Waals surface area contributed by atoms with Crippen molar-refractivity contribution in [2.45, 2.75) is 31.6 Å². The first-order valence-electron chi connectivity index (χ1n) is 8.00. The maximum absolute atomic E-state index is 12.3. The summed E-state index contributed by atoms with van der Waals surface area (Å²) in [5.41, 5.74) is 2.05. The summed E-state index contributed by atoms with van der Waals surface area (Å²) in [6, 6.07) is 10.6. The topological polar surface area (TPSA) is 72.5 Å². The summed E-state index contributed by atoms with van der Waals surface area (Å²) in [4.78, 5) is 12.3. The SMILES string of the molecule is Cc1ccc(C(=O)NS(=O)(=O)C2CC2)cc1OCc1c(Br)cccc1Br. The van der Waals surface area contributed by atoms with Crippen LogP contribution in [0, 0.1) is 6.92 Å². The maximum atomic E-state index is 12.3. The normalized spacial score (nSPS) is 14.1. The van der Waals surface area contributed by atoms with E-state index in [1.165, 1.54) is 0 Å². The van der Waals surface area contributed by atoms with Gasteiger partial charge in [0.1, 0.15) is 12.4 Å². The van der Waals surface area contributed by atoms with Gasteiger partial charge in [-0.2, -0.15) is 0 Å². The van der Waals surface area contributed by atoms with Gasteiger partial charge in [-0.3, -0.25) is 4.79 Å². The molecule has 3 rings (SSSR count). The lowest BCUT2D eigenvalue weighted by atomic mass is 10.1. The molecule has 2 aromatic carbocycles. The van der Waals surface area contributed by atoms with Gasteiger partial charge in [-0.25, -0.2) is 13.1 Å². The van der Waals surface area contributed by atoms with Crippen LogP contribution in [0.3, 0.4) is 0 Å². The number of hydrogen-bond acceptors (Lipinski definition) is 4. The first-order chi connectivity index (χ1) is 12.3. The van der Waals surface area contributed by atoms with Crippen molar-refractivity contribution >= 4 is 47.8 Å². The molecule has 26 heavy (non-hydrogen) atoms. The highest BCUT2D eigenvalue weighted by molar-refractivity contribution is 9.11. The van der Waals surface area contributed by atoms with Gasteiger partial charge in [0.05, 0.1) is 5.25 Å². The second-order valence-corrected chi connectivity index (χ2v) is 9.81. The second-order valence-electron chi connectivity index (χ2n) is 6.14. The van der Waals surface area contributed by atoms with Crippen molar-refractivity contribution in [3.05, 3.63) is 62.0 Å². The summed E-state index contributed by atoms with van der Waals surface area (Å²) in [6.07, 6.45) is 1.21. The zero-order valence-corrected chi connectivity index (χ0v) is 17.9. The molecule has 0 spiro atoms. The monoisotopic (exact) mass is 501 g/mol. The summed E-state index contributed by atoms with van der Waals surface area (Å²) in [5.74, 6) is -0.104. The van der Waals surface area contributed by atoms with Crippen LogP contribution in [0.5, 0.6) is 5.75 Å². The van der Waals surface area contributed by atoms with Crippen LogP contribution in [-0.4, -0.2) is 19.6 Å². The molecule has 138 valence electrons. The molecule has 0 radical (unpaired) electrons. The number of hydrogen-bond donors (Lipinski definition) is 1. The van der Waals surface area contributed by atoms with E-state index in [1.54, 1.807) is 18.2 Å². The number of halogens is 2. The number of aryl methyl sites for hydroxylation is 1. The van der Waals surface area contributed by atoms with Crippen molar-refractivity contribution in [3.8, 4) is 5.75 Å². The van der Waals surface area contributed by atoms with Gasteiger partial charge >= 0.3 is 0 Å². The molecule has 0 aromatic heterocycles. The second kappa shape index (κ2) is 7.70. The number of carbonyl (C=O) groups is 1. The molecule has 1 fully saturated rings. The van der Waals surface area contributed by atoms with Crippen molar-refractivity contribution in [3.63, 3.8) is 0 Å². The lowest BCUT2D eigenvalue weighted by molar-refractivity contribution is 0.0981. The summed E-state index contributed by atoms with van der Waals surface area (Å²) in [6.45, 7) is 2.17. The third kappa shape index (κ3) is 4.47. The Morgan fingerprint density at radius 1 is 1.19 bits per heavy atom. The van der Waals surface area contributed by atoms with Crippen molar-refractivity contribution in [2.75, 3.05) is 0 Å². The number of nitrogens with one attached hydrogen (secondary N) is 1. The van der Waals surface area contributed by atoms with Gasteiger partial charge in [-0.05, 0) is 49.6 Å². The Morgan fingerprint density at radius 3 is 2.46 bits per heavy atom. The third-order valence-electron chi connectivity index (χ3n) is 4.08. The molecular weight excluding hydrogens is 486 g/mol. The summed E-state index contributed by atoms with van der Waals surface area (Å²) >= 11 is 6.98. The van der Waals surface area contributed by atoms with Gasteiger partial charge in [-0.15, -0.1) is 0 Å². The fourth-order valence-electron chi connectivity index (χ4n) is 2.37. The third-order valence-corrected chi connectivity index (χ3v) is 7.39. The molecule has 8 heteroatoms. The first kappa shape index (κ1) is 19.4. The largest absolute Gasteiger partial charge is 0.489 e. The molecular formula is C18H17Br2NO4S. The van der Waals surface area contributed by atoms with Gasteiger partial charge in [-0.1, -0.05) is 44.0 Å². The lowest BCUT2D eigenvalue weighted by Crippen LogP contribution is -2.33. The lowest BCUT2D eigenvalue weighted by Gasteiger charge is -2.13. The highest BCUT2D eigenvalue weighted by atomic mass is 79.9. The Labute approximate surface area is 169 Å². The molecule has 1 N–H and O–H groups in total. The minimum Gasteiger partial charge on any atom is -0.489 e. The fourth-order valence-corrected chi connectivity index (χ4v) is 4.89. The van der Waals surface area contributed by atoms with Crippen molar-refractivity contribution < 1.29 is 17.9 Å². The molecule has 0 heterocycles. The molecule has 0 atom stereocenters. The molecule has 1 saturated carbocycles. The van der Waals surface area contributed by atoms with Crippen molar-refractivity contribution in [1.29, 1.82) is 0 Å². The molecule has 0 bridgehead atoms. The molecule has 1 aliphatic rings. The first-order valence-corrected chi connectivity index (χ1v) is 11.1. The van der Waals surface area contributed by atoms with E-state index >= 15 is 0 Å². The minimum atomic E-state index is -3.58. The maximum Gasteiger partial charge on any atom is 0.264 e. The van der Waals surface area contributed by atoms with Crippen LogP contribution in [0.25, 0.3) is 0 Å². The number of benzene rings is 2. The van der Waals surface area contributed by atoms with Gasteiger partial charge in [0, 0.05) is 20.1 Å². The predicted octanol–water partition coefficient (Wildman–Crippen LogP) is 4.32. The van der Waals surface area contributed by atoms with E-state index in [9.17, 15) is 13.2 Å². The van der Waals surface area contributed by atoms with E-state index in [0.29, 0.717) is 25.2 Å². The highest BCUT2D eigenvalue weighted by Gasteiger charge is 2.37. The number of carbonyl (C=O) groups excluding carboxylic acids is 1. The average Bonchev–Trinajstić information content (AvgIpc) is 3.41. The van der Waals surface area contributed by atoms with Gasteiger partial charge < -0.3 is 4.74 Å². The van der Waals surface area contributed by atoms with Gasteiger partial charge in [0.15, 0.2) is 0 Å². The number of sulfonamides is 1. The van der Waals surface area contributed by atoms with Crippen LogP contribution in [0.15, 0.2) is 45.3 Å². The van der Waals surface area contributed by atoms with E-state index < -0.39 is 21.2 Å². The molecule has 0 saturated heterocycles. The van der Waals surface area contributed by atoms with Crippen LogP contribution < -0.4 is 9.46 Å². The van der Waals surface area contributed by atoms with Crippen LogP contribution in [0.2, 0.25) is 0 Å². The molecule has 0 aliphatic heterocycles. The Balaban J connectivity index is 1.76. The molecule has 5 nitrogen and oxygen atoms in total. The Hall–Kier alpha value is -1.38. The Kier molecular flexibility index (Phi) is 5.74. The van der Waals surface area contributed by atoms with Crippen molar-refractivity contribution in [2.24, 2.45) is 0 Å². The Bertz CT molecular complexity index is 935. The molecule has 1 amide bonds. The smallest absolute Gasteiger partial charge is 0.264 e. The standard InChI is InChI=1S/C18H17Br2NO4S/c1-11-5-6-12(18(22)21-26(23,24)13-7-8-13)9-17(11)25-10-14-15(19)3-2-4-16(14)20/h2-6,9,13H,7-8,10H2,1H3,(H,21,22). The van der Waals surface area contributed by atoms with Crippen LogP contribution in [-0.2, 0) is 16.6 Å². The minimum absolute atomic E-state index is 0.251. The quantitative estimate of drug-likeness (QED) is 0.638. The predicted molar refractivity (Wildman–Crippen MR) is 107 cm³/mol. The number of amides is 1. The van der Waals surface area contributed by atoms with Crippen molar-refractivity contribution in [1.82, 2.24) is 4.72 Å². The van der Waals surface area contributed by atoms with E-state index in [4.69, 9.17) is 4.74 Å². The number of ether oxygens (including phenoxy) is 1. The molecule has 2 aromatic rings. The van der Waals surface area contributed by atoms with Gasteiger partial charge in [0.2, 0.25) is 10.0 Å². The fraction of sp³-hybridized carbons (Fsp3) is 0.278. The Morgan fingerprint density at radius 2 is 1.85 bits per heavy atom. The highest BCUT2D eigenvalue weighted by Crippen LogP contribution is 2.29. The summed E-state index contributed by atoms with van der Waals surface area (Å²) < 4.78 is 33.7. The van der Waals surface area contributed by atoms with E-state index in [0.717, 1.165) is 20.1 Å². The molecule has 1 aliphatic carbocycles. The van der Waals surface area contributed by atoms with E-state index in [-0.39, 0.29) is 5.56 Å². The van der Waals surface area contributed by atoms with E-state index in [2.05, 4.69) is 36.6 Å². The van der Waals surface area contributed by atoms with Crippen LogP contribution in [0.4, 0.5) is 0 Å². The summed E-state index contributed by atoms with van der Waals surface area (Å²) in [7, 11) is -3.58. The van der Waals surface area contributed by atoms with E-state index in [1.807, 2.05) is 25.1 Å². The van der Waals surface area contributed by atoms with Gasteiger partial charge in [0.25, 0.3) is 5.91 Å². The van der Waals surface area contributed by atoms with Crippen LogP contribution >= 0.6 is 31.9 Å². The zero-order chi connectivity index (χ0) is 18.9. The number of rotatable bonds is 6. The zero-order valence-electron chi connectivity index (χ0n) is 14.0. The van der Waals surface area contributed by atoms with Crippen LogP contribution in [0.1, 0.15) is 34.3 Å². The molecule has 0 unspecified atom stereocenters.